The number of carboxylic acid groups (broad SMARTS) is 1. The van der Waals surface area contributed by atoms with Gasteiger partial charge in [-0.1, -0.05) is 19.9 Å². The van der Waals surface area contributed by atoms with Gasteiger partial charge in [0, 0.05) is 17.6 Å². The Hall–Kier alpha value is -1.03. The second-order valence-corrected chi connectivity index (χ2v) is 5.77. The Balaban J connectivity index is 3.02. The van der Waals surface area contributed by atoms with E-state index in [0.29, 0.717) is 5.25 Å². The van der Waals surface area contributed by atoms with E-state index in [9.17, 15) is 9.90 Å². The van der Waals surface area contributed by atoms with Crippen molar-refractivity contribution in [3.05, 3.63) is 30.1 Å². The van der Waals surface area contributed by atoms with Crippen LogP contribution in [0.3, 0.4) is 0 Å². The molecular weight excluding hydrogens is 222 g/mol. The van der Waals surface area contributed by atoms with E-state index in [-0.39, 0.29) is 0 Å². The lowest BCUT2D eigenvalue weighted by molar-refractivity contribution is -0.139. The molecule has 0 fully saturated rings. The number of nitrogens with zero attached hydrogens (tertiary/aromatic N) is 1. The Morgan fingerprint density at radius 1 is 1.69 bits per heavy atom. The van der Waals surface area contributed by atoms with E-state index >= 15 is 0 Å². The molecule has 1 aromatic rings. The fourth-order valence-electron chi connectivity index (χ4n) is 1.37. The minimum Gasteiger partial charge on any atom is -0.480 e. The van der Waals surface area contributed by atoms with Gasteiger partial charge >= 0.3 is 5.97 Å². The van der Waals surface area contributed by atoms with E-state index in [4.69, 9.17) is 0 Å². The molecule has 0 aliphatic rings. The molecule has 0 amide bonds. The summed E-state index contributed by atoms with van der Waals surface area (Å²) < 4.78 is -0.913. The Morgan fingerprint density at radius 3 is 2.81 bits per heavy atom. The Morgan fingerprint density at radius 2 is 2.38 bits per heavy atom. The number of aliphatic carboxylic acids is 1. The van der Waals surface area contributed by atoms with Crippen LogP contribution in [0.25, 0.3) is 0 Å². The van der Waals surface area contributed by atoms with Crippen LogP contribution in [0.2, 0.25) is 0 Å². The molecule has 0 aromatic carbocycles. The molecule has 0 radical (unpaired) electrons. The zero-order valence-electron chi connectivity index (χ0n) is 9.80. The van der Waals surface area contributed by atoms with Crippen LogP contribution in [0.5, 0.6) is 0 Å². The van der Waals surface area contributed by atoms with Gasteiger partial charge in [-0.3, -0.25) is 9.78 Å². The predicted octanol–water partition coefficient (Wildman–Crippen LogP) is 2.91. The lowest BCUT2D eigenvalue weighted by Crippen LogP contribution is -2.30. The molecule has 3 nitrogen and oxygen atoms in total. The molecule has 1 N–H and O–H groups in total. The third kappa shape index (κ3) is 2.76. The molecule has 2 atom stereocenters. The van der Waals surface area contributed by atoms with Crippen molar-refractivity contribution in [2.75, 3.05) is 0 Å². The highest BCUT2D eigenvalue weighted by Crippen LogP contribution is 2.39. The summed E-state index contributed by atoms with van der Waals surface area (Å²) in [5.74, 6) is -0.814. The van der Waals surface area contributed by atoms with Crippen molar-refractivity contribution in [1.82, 2.24) is 4.98 Å². The monoisotopic (exact) mass is 239 g/mol. The first-order valence-corrected chi connectivity index (χ1v) is 6.20. The van der Waals surface area contributed by atoms with Crippen molar-refractivity contribution >= 4 is 17.7 Å². The van der Waals surface area contributed by atoms with Gasteiger partial charge in [-0.25, -0.2) is 0 Å². The molecule has 1 heterocycles. The first-order valence-electron chi connectivity index (χ1n) is 5.32. The maximum absolute atomic E-state index is 11.4. The standard InChI is InChI=1S/C12H17NO2S/c1-4-9(2)16-12(3,11(14)15)10-6-5-7-13-8-10/h5-9H,4H2,1-3H3,(H,14,15). The van der Waals surface area contributed by atoms with Crippen LogP contribution in [-0.2, 0) is 9.54 Å². The molecule has 0 spiro atoms. The maximum Gasteiger partial charge on any atom is 0.324 e. The summed E-state index contributed by atoms with van der Waals surface area (Å²) in [4.78, 5) is 15.4. The normalized spacial score (nSPS) is 16.4. The van der Waals surface area contributed by atoms with Gasteiger partial charge in [0.25, 0.3) is 0 Å². The van der Waals surface area contributed by atoms with E-state index in [2.05, 4.69) is 11.9 Å². The Labute approximate surface area is 100 Å². The third-order valence-corrected chi connectivity index (χ3v) is 4.25. The molecular formula is C12H17NO2S. The minimum absolute atomic E-state index is 0.307. The van der Waals surface area contributed by atoms with Crippen LogP contribution in [-0.4, -0.2) is 21.3 Å². The van der Waals surface area contributed by atoms with Gasteiger partial charge in [0.2, 0.25) is 0 Å². The van der Waals surface area contributed by atoms with Gasteiger partial charge in [0.1, 0.15) is 4.75 Å². The highest BCUT2D eigenvalue weighted by molar-refractivity contribution is 8.01. The Bertz CT molecular complexity index is 355. The fraction of sp³-hybridized carbons (Fsp3) is 0.500. The first-order chi connectivity index (χ1) is 7.50. The molecule has 0 saturated heterocycles. The number of hydrogen-bond acceptors (Lipinski definition) is 3. The summed E-state index contributed by atoms with van der Waals surface area (Å²) in [6.07, 6.45) is 4.23. The molecule has 16 heavy (non-hydrogen) atoms. The summed E-state index contributed by atoms with van der Waals surface area (Å²) in [6.45, 7) is 5.84. The second kappa shape index (κ2) is 5.34. The SMILES string of the molecule is CCC(C)SC(C)(C(=O)O)c1cccnc1. The summed E-state index contributed by atoms with van der Waals surface area (Å²) in [5, 5.41) is 9.69. The van der Waals surface area contributed by atoms with Crippen molar-refractivity contribution in [1.29, 1.82) is 0 Å². The molecule has 0 aliphatic carbocycles. The fourth-order valence-corrected chi connectivity index (χ4v) is 2.70. The van der Waals surface area contributed by atoms with Crippen molar-refractivity contribution in [2.24, 2.45) is 0 Å². The van der Waals surface area contributed by atoms with E-state index in [0.717, 1.165) is 12.0 Å². The summed E-state index contributed by atoms with van der Waals surface area (Å²) >= 11 is 1.47. The number of carboxylic acids is 1. The molecule has 0 bridgehead atoms. The first kappa shape index (κ1) is 13.0. The van der Waals surface area contributed by atoms with Gasteiger partial charge in [0.15, 0.2) is 0 Å². The number of aromatic nitrogens is 1. The summed E-state index contributed by atoms with van der Waals surface area (Å²) in [7, 11) is 0. The van der Waals surface area contributed by atoms with Crippen molar-refractivity contribution in [2.45, 2.75) is 37.2 Å². The van der Waals surface area contributed by atoms with Gasteiger partial charge in [-0.05, 0) is 25.0 Å². The topological polar surface area (TPSA) is 50.2 Å². The molecule has 0 saturated carbocycles. The van der Waals surface area contributed by atoms with Crippen molar-refractivity contribution in [3.63, 3.8) is 0 Å². The largest absolute Gasteiger partial charge is 0.480 e. The van der Waals surface area contributed by atoms with Gasteiger partial charge in [-0.15, -0.1) is 11.8 Å². The van der Waals surface area contributed by atoms with E-state index in [1.54, 1.807) is 25.4 Å². The van der Waals surface area contributed by atoms with Gasteiger partial charge in [-0.2, -0.15) is 0 Å². The quantitative estimate of drug-likeness (QED) is 0.858. The molecule has 88 valence electrons. The van der Waals surface area contributed by atoms with E-state index < -0.39 is 10.7 Å². The van der Waals surface area contributed by atoms with Crippen LogP contribution >= 0.6 is 11.8 Å². The smallest absolute Gasteiger partial charge is 0.324 e. The molecule has 2 unspecified atom stereocenters. The van der Waals surface area contributed by atoms with Crippen LogP contribution < -0.4 is 0 Å². The molecule has 0 aliphatic heterocycles. The Kier molecular flexibility index (Phi) is 4.35. The second-order valence-electron chi connectivity index (χ2n) is 3.92. The van der Waals surface area contributed by atoms with Gasteiger partial charge in [0.05, 0.1) is 0 Å². The highest BCUT2D eigenvalue weighted by Gasteiger charge is 2.37. The average Bonchev–Trinajstić information content (AvgIpc) is 2.29. The highest BCUT2D eigenvalue weighted by atomic mass is 32.2. The van der Waals surface area contributed by atoms with Crippen LogP contribution in [0.1, 0.15) is 32.8 Å². The lowest BCUT2D eigenvalue weighted by atomic mass is 10.0. The zero-order valence-corrected chi connectivity index (χ0v) is 10.6. The molecule has 1 rings (SSSR count). The minimum atomic E-state index is -0.913. The van der Waals surface area contributed by atoms with Crippen LogP contribution in [0.4, 0.5) is 0 Å². The number of carbonyl (C=O) groups is 1. The van der Waals surface area contributed by atoms with Gasteiger partial charge < -0.3 is 5.11 Å². The van der Waals surface area contributed by atoms with E-state index in [1.807, 2.05) is 13.0 Å². The predicted molar refractivity (Wildman–Crippen MR) is 66.6 cm³/mol. The number of rotatable bonds is 5. The number of thioether (sulfide) groups is 1. The molecule has 4 heteroatoms. The van der Waals surface area contributed by atoms with E-state index in [1.165, 1.54) is 11.8 Å². The summed E-state index contributed by atoms with van der Waals surface area (Å²) in [5.41, 5.74) is 0.743. The number of pyridine rings is 1. The number of hydrogen-bond donors (Lipinski definition) is 1. The van der Waals surface area contributed by atoms with Crippen molar-refractivity contribution < 1.29 is 9.90 Å². The van der Waals surface area contributed by atoms with Crippen LogP contribution in [0.15, 0.2) is 24.5 Å². The van der Waals surface area contributed by atoms with Crippen LogP contribution in [0, 0.1) is 0 Å². The summed E-state index contributed by atoms with van der Waals surface area (Å²) in [6, 6.07) is 3.59. The maximum atomic E-state index is 11.4. The van der Waals surface area contributed by atoms with Crippen molar-refractivity contribution in [3.8, 4) is 0 Å². The molecule has 1 aromatic heterocycles. The average molecular weight is 239 g/mol. The lowest BCUT2D eigenvalue weighted by Gasteiger charge is -2.27. The third-order valence-electron chi connectivity index (χ3n) is 2.63. The zero-order chi connectivity index (χ0) is 12.2.